The van der Waals surface area contributed by atoms with E-state index in [9.17, 15) is 0 Å². The second-order valence-corrected chi connectivity index (χ2v) is 4.60. The van der Waals surface area contributed by atoms with Crippen LogP contribution >= 0.6 is 0 Å². The van der Waals surface area contributed by atoms with Crippen molar-refractivity contribution in [3.8, 4) is 0 Å². The van der Waals surface area contributed by atoms with Gasteiger partial charge in [-0.1, -0.05) is 6.92 Å². The van der Waals surface area contributed by atoms with E-state index in [4.69, 9.17) is 4.98 Å². The van der Waals surface area contributed by atoms with E-state index in [0.717, 1.165) is 37.0 Å². The summed E-state index contributed by atoms with van der Waals surface area (Å²) in [4.78, 5) is 11.6. The summed E-state index contributed by atoms with van der Waals surface area (Å²) in [5.74, 6) is 1.87. The summed E-state index contributed by atoms with van der Waals surface area (Å²) in [5, 5.41) is 3.17. The molecule has 0 radical (unpaired) electrons. The minimum Gasteiger partial charge on any atom is -0.373 e. The molecule has 0 aliphatic carbocycles. The second-order valence-electron chi connectivity index (χ2n) is 4.60. The molecule has 0 spiro atoms. The molecule has 1 N–H and O–H groups in total. The molecule has 1 aliphatic heterocycles. The predicted molar refractivity (Wildman–Crippen MR) is 71.8 cm³/mol. The molecule has 1 aliphatic rings. The van der Waals surface area contributed by atoms with Crippen LogP contribution in [0.4, 0.5) is 11.8 Å². The fourth-order valence-electron chi connectivity index (χ4n) is 2.37. The molecule has 0 bridgehead atoms. The number of nitrogens with one attached hydrogen (secondary N) is 1. The van der Waals surface area contributed by atoms with Gasteiger partial charge in [-0.05, 0) is 32.6 Å². The molecule has 1 aromatic rings. The van der Waals surface area contributed by atoms with Crippen LogP contribution in [0, 0.1) is 6.92 Å². The van der Waals surface area contributed by atoms with E-state index in [1.54, 1.807) is 0 Å². The van der Waals surface area contributed by atoms with Gasteiger partial charge in [0, 0.05) is 25.7 Å². The van der Waals surface area contributed by atoms with Crippen LogP contribution < -0.4 is 10.2 Å². The maximum absolute atomic E-state index is 4.70. The summed E-state index contributed by atoms with van der Waals surface area (Å²) >= 11 is 0. The highest BCUT2D eigenvalue weighted by Crippen LogP contribution is 2.22. The van der Waals surface area contributed by atoms with Crippen LogP contribution in [-0.2, 0) is 6.42 Å². The van der Waals surface area contributed by atoms with Crippen LogP contribution in [-0.4, -0.2) is 30.1 Å². The molecule has 4 heteroatoms. The zero-order chi connectivity index (χ0) is 12.3. The third-order valence-corrected chi connectivity index (χ3v) is 3.45. The first kappa shape index (κ1) is 12.1. The van der Waals surface area contributed by atoms with Crippen molar-refractivity contribution in [2.75, 3.05) is 30.4 Å². The van der Waals surface area contributed by atoms with E-state index in [1.165, 1.54) is 24.8 Å². The van der Waals surface area contributed by atoms with Gasteiger partial charge in [0.2, 0.25) is 5.95 Å². The Balaban J connectivity index is 2.33. The van der Waals surface area contributed by atoms with Gasteiger partial charge >= 0.3 is 0 Å². The van der Waals surface area contributed by atoms with Crippen LogP contribution in [0.25, 0.3) is 0 Å². The molecule has 17 heavy (non-hydrogen) atoms. The molecule has 1 fully saturated rings. The maximum Gasteiger partial charge on any atom is 0.227 e. The van der Waals surface area contributed by atoms with Gasteiger partial charge in [0.05, 0.1) is 5.69 Å². The predicted octanol–water partition coefficient (Wildman–Crippen LogP) is 2.38. The fourth-order valence-corrected chi connectivity index (χ4v) is 2.37. The molecule has 0 saturated carbocycles. The number of anilines is 2. The van der Waals surface area contributed by atoms with Crippen molar-refractivity contribution < 1.29 is 0 Å². The van der Waals surface area contributed by atoms with Gasteiger partial charge in [0.1, 0.15) is 5.82 Å². The van der Waals surface area contributed by atoms with Crippen LogP contribution in [0.5, 0.6) is 0 Å². The van der Waals surface area contributed by atoms with Gasteiger partial charge in [-0.2, -0.15) is 4.98 Å². The fraction of sp³-hybridized carbons (Fsp3) is 0.692. The Kier molecular flexibility index (Phi) is 3.82. The number of rotatable bonds is 3. The van der Waals surface area contributed by atoms with Crippen molar-refractivity contribution in [1.29, 1.82) is 0 Å². The Labute approximate surface area is 103 Å². The molecular weight excluding hydrogens is 212 g/mol. The van der Waals surface area contributed by atoms with Gasteiger partial charge in [0.25, 0.3) is 0 Å². The van der Waals surface area contributed by atoms with Crippen molar-refractivity contribution in [2.24, 2.45) is 0 Å². The average Bonchev–Trinajstić information content (AvgIpc) is 2.40. The molecule has 4 nitrogen and oxygen atoms in total. The van der Waals surface area contributed by atoms with Gasteiger partial charge < -0.3 is 10.2 Å². The summed E-state index contributed by atoms with van der Waals surface area (Å²) in [6.07, 6.45) is 4.81. The monoisotopic (exact) mass is 234 g/mol. The lowest BCUT2D eigenvalue weighted by molar-refractivity contribution is 0.567. The molecule has 94 valence electrons. The standard InChI is InChI=1S/C13H22N4/c1-4-11-10(2)12(14-3)16-13(15-11)17-8-6-5-7-9-17/h4-9H2,1-3H3,(H,14,15,16). The number of aryl methyl sites for hydroxylation is 1. The van der Waals surface area contributed by atoms with Crippen molar-refractivity contribution in [1.82, 2.24) is 9.97 Å². The van der Waals surface area contributed by atoms with E-state index in [2.05, 4.69) is 29.0 Å². The van der Waals surface area contributed by atoms with E-state index in [1.807, 2.05) is 7.05 Å². The topological polar surface area (TPSA) is 41.1 Å². The molecule has 2 rings (SSSR count). The number of piperidine rings is 1. The van der Waals surface area contributed by atoms with Gasteiger partial charge in [-0.3, -0.25) is 0 Å². The molecule has 0 aromatic carbocycles. The normalized spacial score (nSPS) is 16.1. The van der Waals surface area contributed by atoms with Crippen molar-refractivity contribution >= 4 is 11.8 Å². The van der Waals surface area contributed by atoms with Crippen LogP contribution in [0.3, 0.4) is 0 Å². The Morgan fingerprint density at radius 1 is 1.18 bits per heavy atom. The highest BCUT2D eigenvalue weighted by atomic mass is 15.3. The molecule has 2 heterocycles. The molecule has 0 unspecified atom stereocenters. The number of hydrogen-bond acceptors (Lipinski definition) is 4. The van der Waals surface area contributed by atoms with Gasteiger partial charge in [-0.15, -0.1) is 0 Å². The first-order valence-electron chi connectivity index (χ1n) is 6.56. The Morgan fingerprint density at radius 3 is 2.47 bits per heavy atom. The first-order chi connectivity index (χ1) is 8.26. The number of aromatic nitrogens is 2. The molecule has 0 atom stereocenters. The molecule has 1 saturated heterocycles. The zero-order valence-corrected chi connectivity index (χ0v) is 11.1. The summed E-state index contributed by atoms with van der Waals surface area (Å²) in [6.45, 7) is 6.42. The third-order valence-electron chi connectivity index (χ3n) is 3.45. The molecule has 0 amide bonds. The highest BCUT2D eigenvalue weighted by Gasteiger charge is 2.16. The SMILES string of the molecule is CCc1nc(N2CCCCC2)nc(NC)c1C. The Hall–Kier alpha value is -1.32. The lowest BCUT2D eigenvalue weighted by Gasteiger charge is -2.27. The highest BCUT2D eigenvalue weighted by molar-refractivity contribution is 5.50. The van der Waals surface area contributed by atoms with Gasteiger partial charge in [-0.25, -0.2) is 4.98 Å². The zero-order valence-electron chi connectivity index (χ0n) is 11.1. The largest absolute Gasteiger partial charge is 0.373 e. The quantitative estimate of drug-likeness (QED) is 0.872. The minimum atomic E-state index is 0.900. The second kappa shape index (κ2) is 5.34. The lowest BCUT2D eigenvalue weighted by atomic mass is 10.1. The van der Waals surface area contributed by atoms with E-state index >= 15 is 0 Å². The summed E-state index contributed by atoms with van der Waals surface area (Å²) in [6, 6.07) is 0. The summed E-state index contributed by atoms with van der Waals surface area (Å²) < 4.78 is 0. The Morgan fingerprint density at radius 2 is 1.88 bits per heavy atom. The van der Waals surface area contributed by atoms with Crippen molar-refractivity contribution in [3.63, 3.8) is 0 Å². The smallest absolute Gasteiger partial charge is 0.227 e. The van der Waals surface area contributed by atoms with E-state index < -0.39 is 0 Å². The molecular formula is C13H22N4. The van der Waals surface area contributed by atoms with E-state index in [-0.39, 0.29) is 0 Å². The van der Waals surface area contributed by atoms with Crippen molar-refractivity contribution in [3.05, 3.63) is 11.3 Å². The molecule has 1 aromatic heterocycles. The van der Waals surface area contributed by atoms with Crippen LogP contribution in [0.15, 0.2) is 0 Å². The third kappa shape index (κ3) is 2.51. The number of hydrogen-bond donors (Lipinski definition) is 1. The summed E-state index contributed by atoms with van der Waals surface area (Å²) in [5.41, 5.74) is 2.33. The first-order valence-corrected chi connectivity index (χ1v) is 6.56. The van der Waals surface area contributed by atoms with Crippen LogP contribution in [0.1, 0.15) is 37.4 Å². The summed E-state index contributed by atoms with van der Waals surface area (Å²) in [7, 11) is 1.93. The average molecular weight is 234 g/mol. The minimum absolute atomic E-state index is 0.900. The van der Waals surface area contributed by atoms with Crippen molar-refractivity contribution in [2.45, 2.75) is 39.5 Å². The van der Waals surface area contributed by atoms with Gasteiger partial charge in [0.15, 0.2) is 0 Å². The lowest BCUT2D eigenvalue weighted by Crippen LogP contribution is -2.31. The van der Waals surface area contributed by atoms with E-state index in [0.29, 0.717) is 0 Å². The maximum atomic E-state index is 4.70. The Bertz CT molecular complexity index is 358. The van der Waals surface area contributed by atoms with Crippen LogP contribution in [0.2, 0.25) is 0 Å². The number of nitrogens with zero attached hydrogens (tertiary/aromatic N) is 3.